The lowest BCUT2D eigenvalue weighted by atomic mass is 10.1. The highest BCUT2D eigenvalue weighted by atomic mass is 35.5. The summed E-state index contributed by atoms with van der Waals surface area (Å²) in [6.45, 7) is -0.223. The van der Waals surface area contributed by atoms with Crippen molar-refractivity contribution in [3.05, 3.63) is 63.7 Å². The van der Waals surface area contributed by atoms with Crippen molar-refractivity contribution in [2.45, 2.75) is 6.04 Å². The fourth-order valence-corrected chi connectivity index (χ4v) is 2.84. The molecule has 1 atom stereocenters. The average Bonchev–Trinajstić information content (AvgIpc) is 3.14. The van der Waals surface area contributed by atoms with Gasteiger partial charge in [-0.25, -0.2) is 0 Å². The van der Waals surface area contributed by atoms with Crippen LogP contribution in [-0.2, 0) is 11.8 Å². The molecule has 0 aliphatic carbocycles. The molecule has 29 heavy (non-hydrogen) atoms. The summed E-state index contributed by atoms with van der Waals surface area (Å²) in [5.74, 6) is -0.638. The van der Waals surface area contributed by atoms with Crippen molar-refractivity contribution in [3.8, 4) is 16.9 Å². The van der Waals surface area contributed by atoms with Crippen LogP contribution in [0.15, 0.2) is 47.5 Å². The quantitative estimate of drug-likeness (QED) is 0.593. The second kappa shape index (κ2) is 8.99. The van der Waals surface area contributed by atoms with E-state index in [0.717, 1.165) is 4.68 Å². The van der Waals surface area contributed by atoms with Crippen LogP contribution in [-0.4, -0.2) is 56.9 Å². The van der Waals surface area contributed by atoms with Crippen LogP contribution in [0.5, 0.6) is 0 Å². The lowest BCUT2D eigenvalue weighted by molar-refractivity contribution is 0.0837. The number of halogens is 1. The fourth-order valence-electron chi connectivity index (χ4n) is 2.72. The topological polar surface area (TPSA) is 111 Å². The van der Waals surface area contributed by atoms with E-state index in [1.807, 2.05) is 0 Å². The van der Waals surface area contributed by atoms with Crippen molar-refractivity contribution < 1.29 is 14.6 Å². The van der Waals surface area contributed by atoms with E-state index in [-0.39, 0.29) is 18.8 Å². The van der Waals surface area contributed by atoms with Crippen LogP contribution in [0.25, 0.3) is 16.9 Å². The molecule has 0 aliphatic heterocycles. The average molecular weight is 418 g/mol. The predicted molar refractivity (Wildman–Crippen MR) is 107 cm³/mol. The van der Waals surface area contributed by atoms with Crippen LogP contribution in [0.3, 0.4) is 0 Å². The molecule has 0 saturated carbocycles. The first-order valence-corrected chi connectivity index (χ1v) is 9.10. The molecule has 0 fully saturated rings. The first-order chi connectivity index (χ1) is 13.9. The van der Waals surface area contributed by atoms with Gasteiger partial charge in [0.2, 0.25) is 0 Å². The first kappa shape index (κ1) is 20.7. The number of benzene rings is 1. The molecule has 2 heterocycles. The van der Waals surface area contributed by atoms with Crippen molar-refractivity contribution >= 4 is 17.5 Å². The highest BCUT2D eigenvalue weighted by Crippen LogP contribution is 2.20. The van der Waals surface area contributed by atoms with E-state index in [0.29, 0.717) is 22.0 Å². The number of aromatic nitrogens is 4. The van der Waals surface area contributed by atoms with E-state index in [9.17, 15) is 14.7 Å². The Bertz CT molecular complexity index is 1060. The van der Waals surface area contributed by atoms with Crippen LogP contribution in [0, 0.1) is 0 Å². The summed E-state index contributed by atoms with van der Waals surface area (Å²) in [5, 5.41) is 21.0. The number of aliphatic hydroxyl groups excluding tert-OH is 1. The second-order valence-electron chi connectivity index (χ2n) is 6.35. The van der Waals surface area contributed by atoms with E-state index >= 15 is 0 Å². The van der Waals surface area contributed by atoms with Crippen molar-refractivity contribution in [1.82, 2.24) is 24.9 Å². The zero-order valence-electron chi connectivity index (χ0n) is 15.9. The normalized spacial score (nSPS) is 12.0. The summed E-state index contributed by atoms with van der Waals surface area (Å²) < 4.78 is 7.62. The zero-order chi connectivity index (χ0) is 21.0. The molecule has 0 unspecified atom stereocenters. The van der Waals surface area contributed by atoms with Gasteiger partial charge >= 0.3 is 0 Å². The third kappa shape index (κ3) is 4.70. The number of aliphatic hydroxyl groups is 1. The minimum Gasteiger partial charge on any atom is -0.394 e. The summed E-state index contributed by atoms with van der Waals surface area (Å²) in [6.07, 6.45) is 3.09. The fraction of sp³-hybridized carbons (Fsp3) is 0.263. The molecule has 3 rings (SSSR count). The highest BCUT2D eigenvalue weighted by Gasteiger charge is 2.20. The van der Waals surface area contributed by atoms with Crippen molar-refractivity contribution in [1.29, 1.82) is 0 Å². The minimum atomic E-state index is -0.647. The molecule has 0 spiro atoms. The van der Waals surface area contributed by atoms with E-state index in [2.05, 4.69) is 15.5 Å². The number of amides is 1. The van der Waals surface area contributed by atoms with E-state index in [1.54, 1.807) is 37.5 Å². The van der Waals surface area contributed by atoms with E-state index in [1.165, 1.54) is 24.1 Å². The summed E-state index contributed by atoms with van der Waals surface area (Å²) in [4.78, 5) is 25.7. The number of carbonyl (C=O) groups excluding carboxylic acids is 1. The van der Waals surface area contributed by atoms with Gasteiger partial charge in [0.25, 0.3) is 11.5 Å². The van der Waals surface area contributed by atoms with Crippen LogP contribution in [0.4, 0.5) is 0 Å². The Labute approximate surface area is 171 Å². The van der Waals surface area contributed by atoms with E-state index < -0.39 is 17.5 Å². The maximum Gasteiger partial charge on any atom is 0.284 e. The number of rotatable bonds is 7. The van der Waals surface area contributed by atoms with Gasteiger partial charge in [-0.3, -0.25) is 14.3 Å². The zero-order valence-corrected chi connectivity index (χ0v) is 16.6. The molecule has 0 aliphatic rings. The predicted octanol–water partition coefficient (Wildman–Crippen LogP) is 1.02. The Balaban J connectivity index is 2.11. The number of nitrogens with zero attached hydrogens (tertiary/aromatic N) is 4. The van der Waals surface area contributed by atoms with Crippen LogP contribution in [0.1, 0.15) is 10.4 Å². The van der Waals surface area contributed by atoms with Gasteiger partial charge in [-0.05, 0) is 18.2 Å². The third-order valence-electron chi connectivity index (χ3n) is 4.16. The molecule has 1 amide bonds. The maximum atomic E-state index is 13.0. The lowest BCUT2D eigenvalue weighted by Crippen LogP contribution is -2.43. The number of nitrogens with one attached hydrogen (secondary N) is 1. The molecular formula is C19H20ClN5O4. The monoisotopic (exact) mass is 417 g/mol. The van der Waals surface area contributed by atoms with Crippen molar-refractivity contribution in [3.63, 3.8) is 0 Å². The molecule has 0 saturated heterocycles. The van der Waals surface area contributed by atoms with Gasteiger partial charge in [-0.15, -0.1) is 0 Å². The SMILES string of the molecule is COC[C@@H](CO)NC(=O)c1cc(-c2ccc(Cl)cc2)nn(-c2cnn(C)c2)c1=O. The summed E-state index contributed by atoms with van der Waals surface area (Å²) in [7, 11) is 3.16. The van der Waals surface area contributed by atoms with Gasteiger partial charge in [0, 0.05) is 24.7 Å². The molecule has 152 valence electrons. The Morgan fingerprint density at radius 3 is 2.66 bits per heavy atom. The number of methoxy groups -OCH3 is 1. The van der Waals surface area contributed by atoms with Crippen molar-refractivity contribution in [2.75, 3.05) is 20.3 Å². The summed E-state index contributed by atoms with van der Waals surface area (Å²) in [6, 6.07) is 7.63. The molecule has 9 nitrogen and oxygen atoms in total. The van der Waals surface area contributed by atoms with Crippen LogP contribution in [0.2, 0.25) is 5.02 Å². The van der Waals surface area contributed by atoms with Crippen molar-refractivity contribution in [2.24, 2.45) is 7.05 Å². The molecular weight excluding hydrogens is 398 g/mol. The van der Waals surface area contributed by atoms with Crippen LogP contribution < -0.4 is 10.9 Å². The minimum absolute atomic E-state index is 0.105. The third-order valence-corrected chi connectivity index (χ3v) is 4.41. The van der Waals surface area contributed by atoms with Gasteiger partial charge in [0.05, 0.1) is 37.3 Å². The Kier molecular flexibility index (Phi) is 6.42. The van der Waals surface area contributed by atoms with Gasteiger partial charge < -0.3 is 15.2 Å². The standard InChI is InChI=1S/C19H20ClN5O4/c1-24-9-15(8-21-24)25-19(28)16(18(27)22-14(10-26)11-29-2)7-17(23-25)12-3-5-13(20)6-4-12/h3-9,14,26H,10-11H2,1-2H3,(H,22,27)/t14-/m1/s1. The van der Waals surface area contributed by atoms with Crippen LogP contribution >= 0.6 is 11.6 Å². The Morgan fingerprint density at radius 1 is 1.34 bits per heavy atom. The molecule has 0 radical (unpaired) electrons. The maximum absolute atomic E-state index is 13.0. The lowest BCUT2D eigenvalue weighted by Gasteiger charge is -2.16. The number of ether oxygens (including phenoxy) is 1. The van der Waals surface area contributed by atoms with Gasteiger partial charge in [0.1, 0.15) is 11.3 Å². The summed E-state index contributed by atoms with van der Waals surface area (Å²) in [5.41, 5.74) is 0.767. The number of carbonyl (C=O) groups is 1. The number of aryl methyl sites for hydroxylation is 1. The molecule has 1 aromatic carbocycles. The van der Waals surface area contributed by atoms with Gasteiger partial charge in [0.15, 0.2) is 0 Å². The van der Waals surface area contributed by atoms with Gasteiger partial charge in [-0.1, -0.05) is 23.7 Å². The molecule has 10 heteroatoms. The number of hydrogen-bond acceptors (Lipinski definition) is 6. The summed E-state index contributed by atoms with van der Waals surface area (Å²) >= 11 is 5.95. The molecule has 3 aromatic rings. The highest BCUT2D eigenvalue weighted by molar-refractivity contribution is 6.30. The Hall–Kier alpha value is -3.01. The second-order valence-corrected chi connectivity index (χ2v) is 6.78. The van der Waals surface area contributed by atoms with Gasteiger partial charge in [-0.2, -0.15) is 14.9 Å². The Morgan fingerprint density at radius 2 is 2.07 bits per heavy atom. The molecule has 2 aromatic heterocycles. The number of hydrogen-bond donors (Lipinski definition) is 2. The molecule has 0 bridgehead atoms. The van der Waals surface area contributed by atoms with E-state index in [4.69, 9.17) is 16.3 Å². The molecule has 2 N–H and O–H groups in total. The smallest absolute Gasteiger partial charge is 0.284 e. The largest absolute Gasteiger partial charge is 0.394 e. The first-order valence-electron chi connectivity index (χ1n) is 8.73.